The topological polar surface area (TPSA) is 87.2 Å². The first-order valence-corrected chi connectivity index (χ1v) is 10.8. The molecule has 1 N–H and O–H groups in total. The number of fused-ring (bicyclic) bond motifs is 1. The van der Waals surface area contributed by atoms with Gasteiger partial charge in [-0.3, -0.25) is 0 Å². The monoisotopic (exact) mass is 444 g/mol. The van der Waals surface area contributed by atoms with E-state index in [-0.39, 0.29) is 6.10 Å². The molecular weight excluding hydrogens is 421 g/mol. The molecule has 0 aliphatic carbocycles. The van der Waals surface area contributed by atoms with Gasteiger partial charge in [0.05, 0.1) is 12.7 Å². The smallest absolute Gasteiger partial charge is 0.475 e. The van der Waals surface area contributed by atoms with E-state index >= 15 is 0 Å². The molecule has 2 aliphatic heterocycles. The number of hydrogen-bond donors (Lipinski definition) is 1. The molecule has 0 aromatic carbocycles. The van der Waals surface area contributed by atoms with Crippen LogP contribution in [0.5, 0.6) is 0 Å². The molecule has 3 atom stereocenters. The van der Waals surface area contributed by atoms with Crippen LogP contribution in [0.3, 0.4) is 0 Å². The zero-order valence-electron chi connectivity index (χ0n) is 15.4. The van der Waals surface area contributed by atoms with Crippen molar-refractivity contribution in [1.82, 2.24) is 9.21 Å². The van der Waals surface area contributed by atoms with Crippen LogP contribution in [0.25, 0.3) is 0 Å². The Hall–Kier alpha value is -1.21. The van der Waals surface area contributed by atoms with Crippen LogP contribution in [0.4, 0.5) is 13.2 Å². The fraction of sp³-hybridized carbons (Fsp3) is 0.688. The number of piperidine rings is 1. The van der Waals surface area contributed by atoms with E-state index in [1.807, 2.05) is 19.5 Å². The quantitative estimate of drug-likeness (QED) is 0.764. The number of rotatable bonds is 4. The molecule has 1 aromatic rings. The van der Waals surface area contributed by atoms with Gasteiger partial charge < -0.3 is 14.7 Å². The highest BCUT2D eigenvalue weighted by Crippen LogP contribution is 2.36. The Morgan fingerprint density at radius 3 is 2.57 bits per heavy atom. The Morgan fingerprint density at radius 1 is 1.43 bits per heavy atom. The predicted molar refractivity (Wildman–Crippen MR) is 96.7 cm³/mol. The number of nitrogens with zero attached hydrogens (tertiary/aromatic N) is 2. The minimum Gasteiger partial charge on any atom is -0.475 e. The molecule has 0 amide bonds. The van der Waals surface area contributed by atoms with Gasteiger partial charge in [-0.05, 0) is 37.9 Å². The summed E-state index contributed by atoms with van der Waals surface area (Å²) < 4.78 is 65.0. The van der Waals surface area contributed by atoms with Gasteiger partial charge in [0.15, 0.2) is 0 Å². The second kappa shape index (κ2) is 9.08. The van der Waals surface area contributed by atoms with Crippen molar-refractivity contribution in [3.63, 3.8) is 0 Å². The number of ether oxygens (including phenoxy) is 1. The summed E-state index contributed by atoms with van der Waals surface area (Å²) >= 11 is 1.29. The Balaban J connectivity index is 0.000000345. The van der Waals surface area contributed by atoms with Crippen molar-refractivity contribution in [1.29, 1.82) is 0 Å². The minimum absolute atomic E-state index is 0.145. The second-order valence-electron chi connectivity index (χ2n) is 6.94. The first kappa shape index (κ1) is 23.1. The van der Waals surface area contributed by atoms with E-state index in [4.69, 9.17) is 14.6 Å². The molecule has 2 saturated heterocycles. The molecule has 3 heterocycles. The summed E-state index contributed by atoms with van der Waals surface area (Å²) in [6.45, 7) is 2.83. The number of carboxylic acids is 1. The van der Waals surface area contributed by atoms with Crippen LogP contribution >= 0.6 is 11.3 Å². The molecule has 0 radical (unpaired) electrons. The van der Waals surface area contributed by atoms with Gasteiger partial charge in [0.25, 0.3) is 10.0 Å². The number of hydrogen-bond acceptors (Lipinski definition) is 6. The lowest BCUT2D eigenvalue weighted by Gasteiger charge is -2.35. The summed E-state index contributed by atoms with van der Waals surface area (Å²) in [4.78, 5) is 11.0. The van der Waals surface area contributed by atoms with E-state index in [2.05, 4.69) is 4.90 Å². The maximum atomic E-state index is 12.7. The van der Waals surface area contributed by atoms with Gasteiger partial charge in [0, 0.05) is 25.6 Å². The number of alkyl halides is 3. The van der Waals surface area contributed by atoms with Gasteiger partial charge in [-0.2, -0.15) is 17.5 Å². The van der Waals surface area contributed by atoms with Crippen molar-refractivity contribution in [2.24, 2.45) is 11.8 Å². The molecule has 0 saturated carbocycles. The van der Waals surface area contributed by atoms with E-state index in [1.54, 1.807) is 16.4 Å². The van der Waals surface area contributed by atoms with Gasteiger partial charge in [0.2, 0.25) is 0 Å². The Morgan fingerprint density at radius 2 is 2.07 bits per heavy atom. The zero-order chi connectivity index (χ0) is 21.1. The summed E-state index contributed by atoms with van der Waals surface area (Å²) in [7, 11) is 0.728. The molecular formula is C16H23F3N2O5S2. The highest BCUT2D eigenvalue weighted by atomic mass is 32.2. The van der Waals surface area contributed by atoms with E-state index in [0.717, 1.165) is 19.6 Å². The molecule has 2 aliphatic rings. The van der Waals surface area contributed by atoms with Crippen molar-refractivity contribution in [2.45, 2.75) is 22.9 Å². The summed E-state index contributed by atoms with van der Waals surface area (Å²) in [6, 6.07) is 3.48. The highest BCUT2D eigenvalue weighted by Gasteiger charge is 2.44. The summed E-state index contributed by atoms with van der Waals surface area (Å²) in [5.74, 6) is -1.94. The standard InChI is InChI=1S/C14H22N2O3S2.C2HF3O2/c1-15(2)9-13-12-8-16(6-5-11(12)10-19-13)21(17,18)14-4-3-7-20-14;3-2(4,5)1(6)7/h3-4,7,11-13H,5-6,8-10H2,1-2H3;(H,6,7)/t11-,12-,13+;/m0./s1. The number of aliphatic carboxylic acids is 1. The summed E-state index contributed by atoms with van der Waals surface area (Å²) in [5, 5.41) is 8.94. The number of halogens is 3. The van der Waals surface area contributed by atoms with Crippen molar-refractivity contribution < 1.29 is 36.2 Å². The molecule has 12 heteroatoms. The van der Waals surface area contributed by atoms with E-state index in [0.29, 0.717) is 29.1 Å². The van der Waals surface area contributed by atoms with E-state index in [1.165, 1.54) is 11.3 Å². The normalized spacial score (nSPS) is 25.9. The largest absolute Gasteiger partial charge is 0.490 e. The lowest BCUT2D eigenvalue weighted by Crippen LogP contribution is -2.46. The lowest BCUT2D eigenvalue weighted by molar-refractivity contribution is -0.192. The third-order valence-electron chi connectivity index (χ3n) is 4.65. The van der Waals surface area contributed by atoms with Crippen molar-refractivity contribution in [3.05, 3.63) is 17.5 Å². The van der Waals surface area contributed by atoms with Crippen molar-refractivity contribution in [2.75, 3.05) is 40.3 Å². The average Bonchev–Trinajstić information content (AvgIpc) is 3.24. The maximum Gasteiger partial charge on any atom is 0.490 e. The average molecular weight is 444 g/mol. The van der Waals surface area contributed by atoms with Gasteiger partial charge in [-0.15, -0.1) is 11.3 Å². The lowest BCUT2D eigenvalue weighted by atomic mass is 9.85. The third kappa shape index (κ3) is 5.66. The summed E-state index contributed by atoms with van der Waals surface area (Å²) in [5.41, 5.74) is 0. The number of likely N-dealkylation sites (N-methyl/N-ethyl adjacent to an activating group) is 1. The number of sulfonamides is 1. The van der Waals surface area contributed by atoms with E-state index in [9.17, 15) is 21.6 Å². The van der Waals surface area contributed by atoms with Crippen LogP contribution in [0.15, 0.2) is 21.7 Å². The SMILES string of the molecule is CN(C)C[C@H]1OC[C@@H]2CCN(S(=O)(=O)c3cccs3)C[C@@H]21.O=C(O)C(F)(F)F. The van der Waals surface area contributed by atoms with Gasteiger partial charge >= 0.3 is 12.1 Å². The Kier molecular flexibility index (Phi) is 7.48. The summed E-state index contributed by atoms with van der Waals surface area (Å²) in [6.07, 6.45) is -4.04. The molecule has 7 nitrogen and oxygen atoms in total. The zero-order valence-corrected chi connectivity index (χ0v) is 17.1. The molecule has 1 aromatic heterocycles. The van der Waals surface area contributed by atoms with E-state index < -0.39 is 22.2 Å². The first-order valence-electron chi connectivity index (χ1n) is 8.53. The fourth-order valence-corrected chi connectivity index (χ4v) is 5.94. The van der Waals surface area contributed by atoms with Crippen LogP contribution < -0.4 is 0 Å². The van der Waals surface area contributed by atoms with Crippen molar-refractivity contribution >= 4 is 27.3 Å². The molecule has 160 valence electrons. The van der Waals surface area contributed by atoms with Crippen molar-refractivity contribution in [3.8, 4) is 0 Å². The van der Waals surface area contributed by atoms with Crippen LogP contribution in [0.2, 0.25) is 0 Å². The van der Waals surface area contributed by atoms with Gasteiger partial charge in [0.1, 0.15) is 4.21 Å². The number of carboxylic acid groups (broad SMARTS) is 1. The molecule has 0 bridgehead atoms. The Bertz CT molecular complexity index is 753. The van der Waals surface area contributed by atoms with Gasteiger partial charge in [-0.25, -0.2) is 13.2 Å². The highest BCUT2D eigenvalue weighted by molar-refractivity contribution is 7.91. The Labute approximate surface area is 165 Å². The molecule has 28 heavy (non-hydrogen) atoms. The van der Waals surface area contributed by atoms with Crippen LogP contribution in [0, 0.1) is 11.8 Å². The number of thiophene rings is 1. The molecule has 0 unspecified atom stereocenters. The molecule has 3 rings (SSSR count). The second-order valence-corrected chi connectivity index (χ2v) is 10.1. The maximum absolute atomic E-state index is 12.7. The van der Waals surface area contributed by atoms with Gasteiger partial charge in [-0.1, -0.05) is 6.07 Å². The van der Waals surface area contributed by atoms with Crippen LogP contribution in [-0.2, 0) is 19.6 Å². The van der Waals surface area contributed by atoms with Crippen LogP contribution in [0.1, 0.15) is 6.42 Å². The first-order chi connectivity index (χ1) is 12.9. The third-order valence-corrected chi connectivity index (χ3v) is 7.89. The fourth-order valence-electron chi connectivity index (χ4n) is 3.30. The molecule has 2 fully saturated rings. The minimum atomic E-state index is -5.08. The number of carbonyl (C=O) groups is 1. The molecule has 0 spiro atoms. The predicted octanol–water partition coefficient (Wildman–Crippen LogP) is 1.97. The van der Waals surface area contributed by atoms with Crippen LogP contribution in [-0.4, -0.2) is 81.3 Å².